The van der Waals surface area contributed by atoms with Crippen LogP contribution in [0.1, 0.15) is 43.6 Å². The average Bonchev–Trinajstić information content (AvgIpc) is 2.83. The summed E-state index contributed by atoms with van der Waals surface area (Å²) in [6.07, 6.45) is 0. The molecule has 0 spiro atoms. The number of aryl methyl sites for hydroxylation is 1. The molecule has 0 aliphatic heterocycles. The lowest BCUT2D eigenvalue weighted by Gasteiger charge is -2.25. The van der Waals surface area contributed by atoms with E-state index in [9.17, 15) is 18.0 Å². The molecule has 0 unspecified atom stereocenters. The minimum Gasteiger partial charge on any atom is -0.494 e. The molecule has 8 nitrogen and oxygen atoms in total. The zero-order chi connectivity index (χ0) is 27.2. The largest absolute Gasteiger partial charge is 0.494 e. The van der Waals surface area contributed by atoms with Crippen molar-refractivity contribution in [2.75, 3.05) is 22.8 Å². The van der Waals surface area contributed by atoms with E-state index in [4.69, 9.17) is 4.74 Å². The first-order valence-electron chi connectivity index (χ1n) is 11.9. The molecule has 0 heterocycles. The predicted octanol–water partition coefficient (Wildman–Crippen LogP) is 4.76. The summed E-state index contributed by atoms with van der Waals surface area (Å²) in [7, 11) is -4.10. The second-order valence-electron chi connectivity index (χ2n) is 9.55. The lowest BCUT2D eigenvalue weighted by atomic mass is 10.1. The van der Waals surface area contributed by atoms with E-state index in [0.717, 1.165) is 9.87 Å². The van der Waals surface area contributed by atoms with Gasteiger partial charge in [0, 0.05) is 5.54 Å². The van der Waals surface area contributed by atoms with Crippen molar-refractivity contribution in [3.8, 4) is 5.75 Å². The van der Waals surface area contributed by atoms with E-state index in [1.165, 1.54) is 12.1 Å². The number of para-hydroxylation sites is 1. The van der Waals surface area contributed by atoms with Crippen molar-refractivity contribution in [2.24, 2.45) is 0 Å². The minimum atomic E-state index is -4.10. The third-order valence-electron chi connectivity index (χ3n) is 5.27. The van der Waals surface area contributed by atoms with Crippen molar-refractivity contribution in [2.45, 2.75) is 45.1 Å². The molecule has 3 rings (SSSR count). The molecule has 0 fully saturated rings. The van der Waals surface area contributed by atoms with Crippen molar-refractivity contribution in [3.05, 3.63) is 83.9 Å². The monoisotopic (exact) mass is 523 g/mol. The fourth-order valence-electron chi connectivity index (χ4n) is 3.55. The van der Waals surface area contributed by atoms with Crippen molar-refractivity contribution in [1.82, 2.24) is 5.32 Å². The number of carbonyl (C=O) groups is 2. The topological polar surface area (TPSA) is 105 Å². The van der Waals surface area contributed by atoms with Gasteiger partial charge in [0.05, 0.1) is 28.4 Å². The molecule has 3 aromatic rings. The maximum Gasteiger partial charge on any atom is 0.264 e. The van der Waals surface area contributed by atoms with Crippen LogP contribution in [0.2, 0.25) is 0 Å². The van der Waals surface area contributed by atoms with Gasteiger partial charge in [0.2, 0.25) is 5.91 Å². The van der Waals surface area contributed by atoms with Crippen LogP contribution in [0.4, 0.5) is 11.4 Å². The fraction of sp³-hybridized carbons (Fsp3) is 0.286. The Labute approximate surface area is 218 Å². The van der Waals surface area contributed by atoms with Crippen LogP contribution < -0.4 is 19.7 Å². The molecule has 3 aromatic carbocycles. The van der Waals surface area contributed by atoms with E-state index >= 15 is 0 Å². The first-order chi connectivity index (χ1) is 17.4. The lowest BCUT2D eigenvalue weighted by Crippen LogP contribution is -2.41. The van der Waals surface area contributed by atoms with Gasteiger partial charge in [-0.25, -0.2) is 8.42 Å². The van der Waals surface area contributed by atoms with Gasteiger partial charge in [-0.2, -0.15) is 0 Å². The summed E-state index contributed by atoms with van der Waals surface area (Å²) in [6.45, 7) is 9.27. The number of nitrogens with zero attached hydrogens (tertiary/aromatic N) is 1. The summed E-state index contributed by atoms with van der Waals surface area (Å²) >= 11 is 0. The molecule has 0 radical (unpaired) electrons. The number of carbonyl (C=O) groups excluding carboxylic acids is 2. The number of rotatable bonds is 9. The standard InChI is InChI=1S/C28H33N3O5S/c1-6-36-22-15-17-23(18-16-22)37(34,35)31(21-13-11-20(2)12-14-21)19-26(32)29-25-10-8-7-9-24(25)27(33)30-28(3,4)5/h7-18H,6,19H2,1-5H3,(H,29,32)(H,30,33). The highest BCUT2D eigenvalue weighted by atomic mass is 32.2. The van der Waals surface area contributed by atoms with Crippen molar-refractivity contribution >= 4 is 33.2 Å². The number of sulfonamides is 1. The van der Waals surface area contributed by atoms with Crippen LogP contribution in [-0.4, -0.2) is 38.9 Å². The molecular weight excluding hydrogens is 490 g/mol. The Balaban J connectivity index is 1.91. The molecule has 0 aliphatic rings. The molecule has 9 heteroatoms. The van der Waals surface area contributed by atoms with Crippen LogP contribution in [-0.2, 0) is 14.8 Å². The first kappa shape index (κ1) is 27.7. The second-order valence-corrected chi connectivity index (χ2v) is 11.4. The Kier molecular flexibility index (Phi) is 8.60. The van der Waals surface area contributed by atoms with E-state index in [2.05, 4.69) is 10.6 Å². The van der Waals surface area contributed by atoms with Gasteiger partial charge in [0.1, 0.15) is 12.3 Å². The Morgan fingerprint density at radius 1 is 0.919 bits per heavy atom. The molecule has 196 valence electrons. The molecule has 2 amide bonds. The van der Waals surface area contributed by atoms with Crippen LogP contribution in [0, 0.1) is 6.92 Å². The summed E-state index contributed by atoms with van der Waals surface area (Å²) in [4.78, 5) is 26.0. The smallest absolute Gasteiger partial charge is 0.264 e. The number of benzene rings is 3. The number of nitrogens with one attached hydrogen (secondary N) is 2. The molecule has 0 saturated heterocycles. The van der Waals surface area contributed by atoms with Crippen molar-refractivity contribution in [1.29, 1.82) is 0 Å². The normalized spacial score (nSPS) is 11.5. The van der Waals surface area contributed by atoms with Crippen molar-refractivity contribution in [3.63, 3.8) is 0 Å². The van der Waals surface area contributed by atoms with Gasteiger partial charge in [-0.1, -0.05) is 29.8 Å². The van der Waals surface area contributed by atoms with Gasteiger partial charge in [0.25, 0.3) is 15.9 Å². The first-order valence-corrected chi connectivity index (χ1v) is 13.4. The number of amides is 2. The molecular formula is C28H33N3O5S. The third-order valence-corrected chi connectivity index (χ3v) is 7.05. The summed E-state index contributed by atoms with van der Waals surface area (Å²) in [5.74, 6) is -0.391. The SMILES string of the molecule is CCOc1ccc(S(=O)(=O)N(CC(=O)Nc2ccccc2C(=O)NC(C)(C)C)c2ccc(C)cc2)cc1. The summed E-state index contributed by atoms with van der Waals surface area (Å²) in [5, 5.41) is 5.59. The van der Waals surface area contributed by atoms with Gasteiger partial charge in [-0.15, -0.1) is 0 Å². The molecule has 0 aliphatic carbocycles. The van der Waals surface area contributed by atoms with Gasteiger partial charge in [-0.05, 0) is 83.1 Å². The van der Waals surface area contributed by atoms with Gasteiger partial charge in [-0.3, -0.25) is 13.9 Å². The van der Waals surface area contributed by atoms with E-state index in [1.54, 1.807) is 60.7 Å². The van der Waals surface area contributed by atoms with Crippen LogP contribution in [0.3, 0.4) is 0 Å². The van der Waals surface area contributed by atoms with Gasteiger partial charge in [0.15, 0.2) is 0 Å². The van der Waals surface area contributed by atoms with Crippen LogP contribution >= 0.6 is 0 Å². The van der Waals surface area contributed by atoms with Crippen molar-refractivity contribution < 1.29 is 22.7 Å². The van der Waals surface area contributed by atoms with Crippen LogP contribution in [0.15, 0.2) is 77.7 Å². The average molecular weight is 524 g/mol. The third kappa shape index (κ3) is 7.33. The zero-order valence-corrected chi connectivity index (χ0v) is 22.6. The highest BCUT2D eigenvalue weighted by Gasteiger charge is 2.28. The number of anilines is 2. The fourth-order valence-corrected chi connectivity index (χ4v) is 4.97. The maximum absolute atomic E-state index is 13.6. The van der Waals surface area contributed by atoms with E-state index in [0.29, 0.717) is 18.0 Å². The second kappa shape index (κ2) is 11.5. The maximum atomic E-state index is 13.6. The number of hydrogen-bond acceptors (Lipinski definition) is 5. The Morgan fingerprint density at radius 3 is 2.14 bits per heavy atom. The Bertz CT molecular complexity index is 1350. The Morgan fingerprint density at radius 2 is 1.54 bits per heavy atom. The van der Waals surface area contributed by atoms with Crippen LogP contribution in [0.25, 0.3) is 0 Å². The van der Waals surface area contributed by atoms with E-state index in [-0.39, 0.29) is 22.1 Å². The number of ether oxygens (including phenoxy) is 1. The predicted molar refractivity (Wildman–Crippen MR) is 146 cm³/mol. The molecule has 0 bridgehead atoms. The summed E-state index contributed by atoms with van der Waals surface area (Å²) in [5.41, 5.74) is 1.39. The highest BCUT2D eigenvalue weighted by Crippen LogP contribution is 2.26. The zero-order valence-electron chi connectivity index (χ0n) is 21.7. The highest BCUT2D eigenvalue weighted by molar-refractivity contribution is 7.92. The minimum absolute atomic E-state index is 0.0225. The lowest BCUT2D eigenvalue weighted by molar-refractivity contribution is -0.114. The van der Waals surface area contributed by atoms with E-state index in [1.807, 2.05) is 34.6 Å². The molecule has 0 aromatic heterocycles. The van der Waals surface area contributed by atoms with Crippen LogP contribution in [0.5, 0.6) is 5.75 Å². The summed E-state index contributed by atoms with van der Waals surface area (Å²) < 4.78 is 33.8. The molecule has 37 heavy (non-hydrogen) atoms. The number of hydrogen-bond donors (Lipinski definition) is 2. The van der Waals surface area contributed by atoms with Gasteiger partial charge < -0.3 is 15.4 Å². The Hall–Kier alpha value is -3.85. The molecule has 0 saturated carbocycles. The van der Waals surface area contributed by atoms with Gasteiger partial charge >= 0.3 is 0 Å². The van der Waals surface area contributed by atoms with E-state index < -0.39 is 28.0 Å². The quantitative estimate of drug-likeness (QED) is 0.421. The molecule has 2 N–H and O–H groups in total. The summed E-state index contributed by atoms with van der Waals surface area (Å²) in [6, 6.07) is 19.5. The molecule has 0 atom stereocenters.